The maximum Gasteiger partial charge on any atom is 0.251 e. The molecule has 1 aromatic rings. The molecule has 0 aliphatic carbocycles. The third kappa shape index (κ3) is 37.8. The molecule has 66 heavy (non-hydrogen) atoms. The van der Waals surface area contributed by atoms with E-state index in [2.05, 4.69) is 48.8 Å². The first kappa shape index (κ1) is 60.8. The van der Waals surface area contributed by atoms with Crippen molar-refractivity contribution in [2.24, 2.45) is 5.73 Å². The molecule has 0 heterocycles. The molecular formula is C56H100N4O6. The van der Waals surface area contributed by atoms with Crippen molar-refractivity contribution < 1.29 is 28.6 Å². The van der Waals surface area contributed by atoms with Crippen LogP contribution < -0.4 is 21.1 Å². The number of hydrogen-bond acceptors (Lipinski definition) is 7. The van der Waals surface area contributed by atoms with Crippen LogP contribution in [0.1, 0.15) is 223 Å². The van der Waals surface area contributed by atoms with Crippen LogP contribution in [0.2, 0.25) is 0 Å². The van der Waals surface area contributed by atoms with Gasteiger partial charge >= 0.3 is 0 Å². The van der Waals surface area contributed by atoms with Crippen LogP contribution in [-0.2, 0) is 19.1 Å². The first-order valence-electron chi connectivity index (χ1n) is 27.1. The zero-order chi connectivity index (χ0) is 47.8. The molecule has 3 amide bonds. The number of methoxy groups -OCH3 is 1. The molecule has 0 bridgehead atoms. The van der Waals surface area contributed by atoms with Gasteiger partial charge in [0, 0.05) is 58.2 Å². The molecule has 1 rings (SSSR count). The lowest BCUT2D eigenvalue weighted by atomic mass is 10.1. The first-order valence-corrected chi connectivity index (χ1v) is 27.1. The van der Waals surface area contributed by atoms with Crippen molar-refractivity contribution in [1.82, 2.24) is 15.5 Å². The normalized spacial score (nSPS) is 12.0. The Morgan fingerprint density at radius 2 is 0.909 bits per heavy atom. The first-order chi connectivity index (χ1) is 32.4. The minimum Gasteiger partial charge on any atom is -0.497 e. The van der Waals surface area contributed by atoms with Gasteiger partial charge in [0.1, 0.15) is 5.75 Å². The number of rotatable bonds is 48. The van der Waals surface area contributed by atoms with E-state index in [0.29, 0.717) is 37.6 Å². The molecule has 10 nitrogen and oxygen atoms in total. The Kier molecular flexibility index (Phi) is 43.2. The molecule has 1 aromatic carbocycles. The van der Waals surface area contributed by atoms with Gasteiger partial charge in [0.2, 0.25) is 11.8 Å². The Morgan fingerprint density at radius 1 is 0.530 bits per heavy atom. The summed E-state index contributed by atoms with van der Waals surface area (Å²) >= 11 is 0. The van der Waals surface area contributed by atoms with E-state index in [0.717, 1.165) is 38.9 Å². The van der Waals surface area contributed by atoms with Crippen LogP contribution in [0.3, 0.4) is 0 Å². The molecule has 0 unspecified atom stereocenters. The maximum absolute atomic E-state index is 13.5. The fraction of sp³-hybridized carbons (Fsp3) is 0.768. The summed E-state index contributed by atoms with van der Waals surface area (Å²) in [5, 5.41) is 5.54. The van der Waals surface area contributed by atoms with Crippen molar-refractivity contribution in [3.63, 3.8) is 0 Å². The third-order valence-electron chi connectivity index (χ3n) is 12.2. The van der Waals surface area contributed by atoms with Gasteiger partial charge in [-0.3, -0.25) is 14.4 Å². The highest BCUT2D eigenvalue weighted by molar-refractivity contribution is 5.94. The van der Waals surface area contributed by atoms with Crippen LogP contribution >= 0.6 is 0 Å². The summed E-state index contributed by atoms with van der Waals surface area (Å²) in [6.07, 6.45) is 46.8. The SMILES string of the molecule is CCCCCCCCC=CCCCCCCCCOCCCN(CCCOCCCCCCCCC=CCCCCCCCC)C(=O)C[C@@H](N)C(=O)NCCNC(=O)c1ccc(OC)cc1. The lowest BCUT2D eigenvalue weighted by molar-refractivity contribution is -0.134. The number of carbonyl (C=O) groups excluding carboxylic acids is 3. The summed E-state index contributed by atoms with van der Waals surface area (Å²) in [5.41, 5.74) is 6.71. The molecule has 0 spiro atoms. The molecule has 0 saturated heterocycles. The van der Waals surface area contributed by atoms with Crippen LogP contribution in [-0.4, -0.2) is 88.4 Å². The number of nitrogens with two attached hydrogens (primary N) is 1. The van der Waals surface area contributed by atoms with Crippen molar-refractivity contribution in [2.75, 3.05) is 59.7 Å². The molecule has 0 radical (unpaired) electrons. The summed E-state index contributed by atoms with van der Waals surface area (Å²) in [4.78, 5) is 40.5. The average Bonchev–Trinajstić information content (AvgIpc) is 3.33. The molecule has 0 aliphatic heterocycles. The highest BCUT2D eigenvalue weighted by atomic mass is 16.5. The van der Waals surface area contributed by atoms with Gasteiger partial charge in [0.05, 0.1) is 19.6 Å². The van der Waals surface area contributed by atoms with Crippen molar-refractivity contribution in [1.29, 1.82) is 0 Å². The Hall–Kier alpha value is -3.21. The molecule has 4 N–H and O–H groups in total. The fourth-order valence-corrected chi connectivity index (χ4v) is 7.93. The van der Waals surface area contributed by atoms with E-state index in [1.807, 2.05) is 4.90 Å². The zero-order valence-corrected chi connectivity index (χ0v) is 42.7. The molecule has 0 aromatic heterocycles. The maximum atomic E-state index is 13.5. The van der Waals surface area contributed by atoms with Gasteiger partial charge in [0.25, 0.3) is 5.91 Å². The van der Waals surface area contributed by atoms with E-state index in [1.165, 1.54) is 167 Å². The number of nitrogens with zero attached hydrogens (tertiary/aromatic N) is 1. The predicted molar refractivity (Wildman–Crippen MR) is 277 cm³/mol. The number of carbonyl (C=O) groups is 3. The Labute approximate surface area is 404 Å². The number of allylic oxidation sites excluding steroid dienone is 4. The van der Waals surface area contributed by atoms with Crippen molar-refractivity contribution in [2.45, 2.75) is 219 Å². The Bertz CT molecular complexity index is 1270. The second kappa shape index (κ2) is 46.9. The quantitative estimate of drug-likeness (QED) is 0.0438. The highest BCUT2D eigenvalue weighted by Crippen LogP contribution is 2.14. The lowest BCUT2D eigenvalue weighted by Gasteiger charge is -2.24. The summed E-state index contributed by atoms with van der Waals surface area (Å²) < 4.78 is 17.1. The number of amides is 3. The van der Waals surface area contributed by atoms with Crippen LogP contribution in [0.15, 0.2) is 48.6 Å². The minimum absolute atomic E-state index is 0.0866. The molecule has 1 atom stereocenters. The second-order valence-electron chi connectivity index (χ2n) is 18.3. The lowest BCUT2D eigenvalue weighted by Crippen LogP contribution is -2.46. The monoisotopic (exact) mass is 925 g/mol. The molecular weight excluding hydrogens is 825 g/mol. The fourth-order valence-electron chi connectivity index (χ4n) is 7.93. The summed E-state index contributed by atoms with van der Waals surface area (Å²) in [6, 6.07) is 5.82. The topological polar surface area (TPSA) is 132 Å². The van der Waals surface area contributed by atoms with Crippen LogP contribution in [0.4, 0.5) is 0 Å². The second-order valence-corrected chi connectivity index (χ2v) is 18.3. The van der Waals surface area contributed by atoms with Gasteiger partial charge in [-0.25, -0.2) is 0 Å². The van der Waals surface area contributed by atoms with E-state index in [-0.39, 0.29) is 31.3 Å². The van der Waals surface area contributed by atoms with Gasteiger partial charge < -0.3 is 35.5 Å². The van der Waals surface area contributed by atoms with Crippen LogP contribution in [0, 0.1) is 0 Å². The number of nitrogens with one attached hydrogen (secondary N) is 2. The van der Waals surface area contributed by atoms with Crippen LogP contribution in [0.25, 0.3) is 0 Å². The minimum atomic E-state index is -0.984. The average molecular weight is 925 g/mol. The number of unbranched alkanes of at least 4 members (excludes halogenated alkanes) is 24. The van der Waals surface area contributed by atoms with E-state index in [4.69, 9.17) is 19.9 Å². The van der Waals surface area contributed by atoms with Gasteiger partial charge in [-0.2, -0.15) is 0 Å². The third-order valence-corrected chi connectivity index (χ3v) is 12.2. The van der Waals surface area contributed by atoms with Gasteiger partial charge in [0.15, 0.2) is 0 Å². The van der Waals surface area contributed by atoms with Gasteiger partial charge in [-0.1, -0.05) is 154 Å². The van der Waals surface area contributed by atoms with Gasteiger partial charge in [-0.15, -0.1) is 0 Å². The van der Waals surface area contributed by atoms with E-state index in [9.17, 15) is 14.4 Å². The molecule has 0 fully saturated rings. The summed E-state index contributed by atoms with van der Waals surface area (Å²) in [5.74, 6) is -0.144. The van der Waals surface area contributed by atoms with Crippen molar-refractivity contribution in [3.05, 3.63) is 54.1 Å². The van der Waals surface area contributed by atoms with Crippen molar-refractivity contribution >= 4 is 17.7 Å². The Morgan fingerprint density at radius 3 is 1.33 bits per heavy atom. The standard InChI is InChI=1S/C56H100N4O6/c1-4-6-8-10-12-14-16-18-20-22-24-26-28-30-32-34-46-65-48-36-44-60(45-37-49-66-47-35-33-31-29-27-25-23-21-19-17-15-13-11-9-7-5-2)54(61)50-53(57)56(63)59-43-42-58-55(62)51-38-40-52(64-3)41-39-51/h18-21,38-41,53H,4-17,22-37,42-50,57H2,1-3H3,(H,58,62)(H,59,63)/t53-/m1/s1. The molecule has 0 saturated carbocycles. The smallest absolute Gasteiger partial charge is 0.251 e. The van der Waals surface area contributed by atoms with E-state index >= 15 is 0 Å². The number of benzene rings is 1. The van der Waals surface area contributed by atoms with Crippen LogP contribution in [0.5, 0.6) is 5.75 Å². The Balaban J connectivity index is 2.31. The summed E-state index contributed by atoms with van der Waals surface area (Å²) in [7, 11) is 1.57. The van der Waals surface area contributed by atoms with E-state index in [1.54, 1.807) is 31.4 Å². The zero-order valence-electron chi connectivity index (χ0n) is 42.7. The van der Waals surface area contributed by atoms with Crippen molar-refractivity contribution in [3.8, 4) is 5.75 Å². The largest absolute Gasteiger partial charge is 0.497 e. The van der Waals surface area contributed by atoms with E-state index < -0.39 is 11.9 Å². The molecule has 10 heteroatoms. The van der Waals surface area contributed by atoms with Gasteiger partial charge in [-0.05, 0) is 101 Å². The molecule has 0 aliphatic rings. The number of hydrogen-bond donors (Lipinski definition) is 3. The predicted octanol–water partition coefficient (Wildman–Crippen LogP) is 13.0. The number of ether oxygens (including phenoxy) is 3. The summed E-state index contributed by atoms with van der Waals surface area (Å²) in [6.45, 7) is 8.75. The molecule has 380 valence electrons. The highest BCUT2D eigenvalue weighted by Gasteiger charge is 2.21.